The summed E-state index contributed by atoms with van der Waals surface area (Å²) < 4.78 is 0. The van der Waals surface area contributed by atoms with Crippen LogP contribution in [0.25, 0.3) is 0 Å². The van der Waals surface area contributed by atoms with E-state index < -0.39 is 0 Å². The molecule has 0 spiro atoms. The van der Waals surface area contributed by atoms with Crippen LogP contribution in [0.2, 0.25) is 0 Å². The quantitative estimate of drug-likeness (QED) is 0.600. The van der Waals surface area contributed by atoms with Crippen LogP contribution in [0, 0.1) is 20.8 Å². The fourth-order valence-electron chi connectivity index (χ4n) is 2.59. The van der Waals surface area contributed by atoms with Crippen LogP contribution in [0.1, 0.15) is 23.1 Å². The van der Waals surface area contributed by atoms with E-state index in [1.165, 1.54) is 22.4 Å². The number of aryl methyl sites for hydroxylation is 3. The Balaban J connectivity index is 1.75. The number of rotatable bonds is 6. The predicted octanol–water partition coefficient (Wildman–Crippen LogP) is 4.42. The van der Waals surface area contributed by atoms with Gasteiger partial charge < -0.3 is 15.5 Å². The van der Waals surface area contributed by atoms with Crippen molar-refractivity contribution in [2.45, 2.75) is 27.2 Å². The van der Waals surface area contributed by atoms with Gasteiger partial charge in [-0.1, -0.05) is 24.3 Å². The van der Waals surface area contributed by atoms with Gasteiger partial charge in [-0.3, -0.25) is 0 Å². The number of benzene rings is 2. The number of anilines is 2. The van der Waals surface area contributed by atoms with Crippen LogP contribution in [0.15, 0.2) is 42.5 Å². The molecule has 0 amide bonds. The maximum atomic E-state index is 5.41. The lowest BCUT2D eigenvalue weighted by Crippen LogP contribution is -2.31. The van der Waals surface area contributed by atoms with E-state index in [9.17, 15) is 0 Å². The molecule has 0 bridgehead atoms. The minimum absolute atomic E-state index is 0.684. The van der Waals surface area contributed by atoms with E-state index in [-0.39, 0.29) is 0 Å². The third-order valence-corrected chi connectivity index (χ3v) is 4.49. The summed E-state index contributed by atoms with van der Waals surface area (Å²) in [6, 6.07) is 14.8. The maximum Gasteiger partial charge on any atom is 0.170 e. The highest BCUT2D eigenvalue weighted by atomic mass is 32.1. The normalized spacial score (nSPS) is 10.3. The highest BCUT2D eigenvalue weighted by Crippen LogP contribution is 2.19. The molecule has 0 fully saturated rings. The van der Waals surface area contributed by atoms with Crippen molar-refractivity contribution in [1.82, 2.24) is 5.32 Å². The summed E-state index contributed by atoms with van der Waals surface area (Å²) in [5, 5.41) is 7.28. The molecule has 3 nitrogen and oxygen atoms in total. The highest BCUT2D eigenvalue weighted by molar-refractivity contribution is 7.80. The molecule has 128 valence electrons. The Bertz CT molecular complexity index is 683. The van der Waals surface area contributed by atoms with Gasteiger partial charge in [-0.05, 0) is 74.3 Å². The van der Waals surface area contributed by atoms with Gasteiger partial charge in [0.05, 0.1) is 0 Å². The molecule has 0 aliphatic rings. The Morgan fingerprint density at radius 2 is 1.67 bits per heavy atom. The summed E-state index contributed by atoms with van der Waals surface area (Å²) in [4.78, 5) is 2.26. The molecule has 0 radical (unpaired) electrons. The summed E-state index contributed by atoms with van der Waals surface area (Å²) in [5.41, 5.74) is 6.11. The first kappa shape index (κ1) is 18.3. The molecular weight excluding hydrogens is 314 g/mol. The second-order valence-electron chi connectivity index (χ2n) is 6.24. The Kier molecular flexibility index (Phi) is 6.62. The monoisotopic (exact) mass is 341 g/mol. The van der Waals surface area contributed by atoms with Gasteiger partial charge in [0.2, 0.25) is 0 Å². The fourth-order valence-corrected chi connectivity index (χ4v) is 2.80. The lowest BCUT2D eigenvalue weighted by Gasteiger charge is -2.19. The van der Waals surface area contributed by atoms with E-state index >= 15 is 0 Å². The first-order valence-corrected chi connectivity index (χ1v) is 8.77. The molecule has 0 aromatic heterocycles. The lowest BCUT2D eigenvalue weighted by molar-refractivity contribution is 0.755. The van der Waals surface area contributed by atoms with Crippen molar-refractivity contribution in [3.05, 3.63) is 59.2 Å². The second kappa shape index (κ2) is 8.69. The number of hydrogen-bond acceptors (Lipinski definition) is 2. The molecule has 2 rings (SSSR count). The molecule has 24 heavy (non-hydrogen) atoms. The van der Waals surface area contributed by atoms with Crippen LogP contribution in [0.3, 0.4) is 0 Å². The number of para-hydroxylation sites is 1. The zero-order chi connectivity index (χ0) is 17.5. The van der Waals surface area contributed by atoms with Crippen molar-refractivity contribution in [2.75, 3.05) is 30.4 Å². The van der Waals surface area contributed by atoms with Crippen LogP contribution < -0.4 is 15.5 Å². The Labute approximate surface area is 151 Å². The number of nitrogens with one attached hydrogen (secondary N) is 2. The molecule has 0 saturated carbocycles. The topological polar surface area (TPSA) is 27.3 Å². The van der Waals surface area contributed by atoms with E-state index in [1.54, 1.807) is 0 Å². The summed E-state index contributed by atoms with van der Waals surface area (Å²) >= 11 is 5.41. The fraction of sp³-hybridized carbons (Fsp3) is 0.350. The molecule has 0 saturated heterocycles. The zero-order valence-electron chi connectivity index (χ0n) is 15.0. The Morgan fingerprint density at radius 3 is 2.38 bits per heavy atom. The van der Waals surface area contributed by atoms with Gasteiger partial charge in [-0.25, -0.2) is 0 Å². The first-order valence-electron chi connectivity index (χ1n) is 8.36. The molecule has 0 atom stereocenters. The molecule has 2 N–H and O–H groups in total. The van der Waals surface area contributed by atoms with Gasteiger partial charge in [0.15, 0.2) is 5.11 Å². The second-order valence-corrected chi connectivity index (χ2v) is 6.65. The van der Waals surface area contributed by atoms with E-state index in [2.05, 4.69) is 79.8 Å². The molecule has 0 heterocycles. The minimum Gasteiger partial charge on any atom is -0.375 e. The molecule has 0 unspecified atom stereocenters. The number of hydrogen-bond donors (Lipinski definition) is 2. The van der Waals surface area contributed by atoms with Gasteiger partial charge in [0.1, 0.15) is 0 Å². The summed E-state index contributed by atoms with van der Waals surface area (Å²) in [6.45, 7) is 8.20. The van der Waals surface area contributed by atoms with Crippen LogP contribution in [0.5, 0.6) is 0 Å². The largest absolute Gasteiger partial charge is 0.375 e. The van der Waals surface area contributed by atoms with Crippen LogP contribution in [-0.2, 0) is 0 Å². The maximum absolute atomic E-state index is 5.41. The zero-order valence-corrected chi connectivity index (χ0v) is 15.8. The van der Waals surface area contributed by atoms with Gasteiger partial charge in [0.25, 0.3) is 0 Å². The van der Waals surface area contributed by atoms with Crippen LogP contribution in [-0.4, -0.2) is 25.2 Å². The Hall–Kier alpha value is -2.07. The van der Waals surface area contributed by atoms with Crippen molar-refractivity contribution in [2.24, 2.45) is 0 Å². The van der Waals surface area contributed by atoms with Crippen molar-refractivity contribution < 1.29 is 0 Å². The summed E-state index contributed by atoms with van der Waals surface area (Å²) in [7, 11) is 2.12. The summed E-state index contributed by atoms with van der Waals surface area (Å²) in [5.74, 6) is 0. The predicted molar refractivity (Wildman–Crippen MR) is 109 cm³/mol. The van der Waals surface area contributed by atoms with E-state index in [4.69, 9.17) is 12.2 Å². The van der Waals surface area contributed by atoms with Crippen molar-refractivity contribution >= 4 is 28.7 Å². The van der Waals surface area contributed by atoms with E-state index in [0.29, 0.717) is 5.11 Å². The standard InChI is InChI=1S/C20H27N3S/c1-15-13-17(3)19(14-16(15)2)22-20(24)21-11-8-12-23(4)18-9-6-5-7-10-18/h5-7,9-10,13-14H,8,11-12H2,1-4H3,(H2,21,22,24). The molecule has 2 aromatic carbocycles. The average molecular weight is 342 g/mol. The van der Waals surface area contributed by atoms with E-state index in [1.807, 2.05) is 6.07 Å². The third kappa shape index (κ3) is 5.24. The smallest absolute Gasteiger partial charge is 0.170 e. The molecule has 2 aromatic rings. The lowest BCUT2D eigenvalue weighted by atomic mass is 10.1. The highest BCUT2D eigenvalue weighted by Gasteiger charge is 2.04. The van der Waals surface area contributed by atoms with Gasteiger partial charge in [-0.2, -0.15) is 0 Å². The first-order chi connectivity index (χ1) is 11.5. The van der Waals surface area contributed by atoms with E-state index in [0.717, 1.165) is 25.2 Å². The third-order valence-electron chi connectivity index (χ3n) is 4.24. The molecular formula is C20H27N3S. The van der Waals surface area contributed by atoms with Crippen molar-refractivity contribution in [1.29, 1.82) is 0 Å². The van der Waals surface area contributed by atoms with Crippen molar-refractivity contribution in [3.8, 4) is 0 Å². The molecule has 4 heteroatoms. The molecule has 0 aliphatic carbocycles. The average Bonchev–Trinajstić information content (AvgIpc) is 2.57. The summed E-state index contributed by atoms with van der Waals surface area (Å²) in [6.07, 6.45) is 1.03. The van der Waals surface area contributed by atoms with Gasteiger partial charge >= 0.3 is 0 Å². The number of thiocarbonyl (C=S) groups is 1. The Morgan fingerprint density at radius 1 is 1.00 bits per heavy atom. The van der Waals surface area contributed by atoms with Gasteiger partial charge in [-0.15, -0.1) is 0 Å². The van der Waals surface area contributed by atoms with Gasteiger partial charge in [0, 0.05) is 31.5 Å². The van der Waals surface area contributed by atoms with Crippen LogP contribution >= 0.6 is 12.2 Å². The number of nitrogens with zero attached hydrogens (tertiary/aromatic N) is 1. The van der Waals surface area contributed by atoms with Crippen LogP contribution in [0.4, 0.5) is 11.4 Å². The molecule has 0 aliphatic heterocycles. The minimum atomic E-state index is 0.684. The van der Waals surface area contributed by atoms with Crippen molar-refractivity contribution in [3.63, 3.8) is 0 Å². The SMILES string of the molecule is Cc1cc(C)c(NC(=S)NCCCN(C)c2ccccc2)cc1C.